The Labute approximate surface area is 174 Å². The molecule has 0 aromatic carbocycles. The number of fused-ring (bicyclic) bond motifs is 1. The van der Waals surface area contributed by atoms with Gasteiger partial charge in [0.05, 0.1) is 28.5 Å². The highest BCUT2D eigenvalue weighted by atomic mass is 32.1. The number of ether oxygens (including phenoxy) is 1. The molecule has 0 spiro atoms. The highest BCUT2D eigenvalue weighted by Crippen LogP contribution is 2.28. The Morgan fingerprint density at radius 3 is 2.43 bits per heavy atom. The molecule has 2 aromatic heterocycles. The Morgan fingerprint density at radius 2 is 1.90 bits per heavy atom. The van der Waals surface area contributed by atoms with E-state index in [1.165, 1.54) is 6.21 Å². The van der Waals surface area contributed by atoms with Crippen LogP contribution < -0.4 is 16.7 Å². The lowest BCUT2D eigenvalue weighted by Crippen LogP contribution is -2.39. The van der Waals surface area contributed by atoms with Crippen molar-refractivity contribution in [2.75, 3.05) is 0 Å². The molecule has 0 aliphatic heterocycles. The van der Waals surface area contributed by atoms with Gasteiger partial charge in [-0.3, -0.25) is 19.4 Å². The van der Waals surface area contributed by atoms with Gasteiger partial charge in [-0.2, -0.15) is 18.3 Å². The fraction of sp³-hybridized carbons (Fsp3) is 0.611. The lowest BCUT2D eigenvalue weighted by Gasteiger charge is -2.23. The van der Waals surface area contributed by atoms with Gasteiger partial charge in [-0.05, 0) is 40.2 Å². The van der Waals surface area contributed by atoms with Crippen molar-refractivity contribution < 1.29 is 23.0 Å². The first-order chi connectivity index (χ1) is 13.7. The van der Waals surface area contributed by atoms with Crippen LogP contribution in [0.3, 0.4) is 0 Å². The number of hydrogen-bond donors (Lipinski definition) is 2. The molecule has 0 radical (unpaired) electrons. The Balaban J connectivity index is 2.48. The molecular formula is C18H25F3N4O4S. The number of thiophene rings is 1. The highest BCUT2D eigenvalue weighted by molar-refractivity contribution is 7.20. The number of alkyl halides is 3. The molecule has 30 heavy (non-hydrogen) atoms. The molecule has 2 heterocycles. The van der Waals surface area contributed by atoms with Crippen LogP contribution in [0.15, 0.2) is 14.7 Å². The Kier molecular flexibility index (Phi) is 7.15. The number of aromatic nitrogens is 2. The summed E-state index contributed by atoms with van der Waals surface area (Å²) in [7, 11) is 0. The fourth-order valence-corrected chi connectivity index (χ4v) is 3.96. The summed E-state index contributed by atoms with van der Waals surface area (Å²) in [5.41, 5.74) is 0.908. The van der Waals surface area contributed by atoms with Gasteiger partial charge in [0.1, 0.15) is 4.83 Å². The molecule has 2 rings (SSSR count). The summed E-state index contributed by atoms with van der Waals surface area (Å²) in [6.45, 7) is 7.89. The van der Waals surface area contributed by atoms with Crippen LogP contribution in [0.1, 0.15) is 44.6 Å². The summed E-state index contributed by atoms with van der Waals surface area (Å²) in [5, 5.41) is 13.8. The molecule has 0 saturated heterocycles. The van der Waals surface area contributed by atoms with Crippen LogP contribution in [0.5, 0.6) is 0 Å². The van der Waals surface area contributed by atoms with E-state index in [0.29, 0.717) is 10.4 Å². The van der Waals surface area contributed by atoms with Crippen LogP contribution in [0, 0.1) is 6.92 Å². The number of rotatable bonds is 7. The van der Waals surface area contributed by atoms with Crippen LogP contribution in [0.4, 0.5) is 13.2 Å². The van der Waals surface area contributed by atoms with Gasteiger partial charge < -0.3 is 9.84 Å². The molecule has 8 nitrogen and oxygen atoms in total. The molecule has 0 bridgehead atoms. The topological polar surface area (TPSA) is 97.8 Å². The Morgan fingerprint density at radius 1 is 1.27 bits per heavy atom. The fourth-order valence-electron chi connectivity index (χ4n) is 2.77. The van der Waals surface area contributed by atoms with Gasteiger partial charge in [0.2, 0.25) is 0 Å². The van der Waals surface area contributed by atoms with E-state index < -0.39 is 42.4 Å². The number of aliphatic hydroxyl groups excluding tert-OH is 1. The Hall–Kier alpha value is -2.18. The molecule has 168 valence electrons. The number of aryl methyl sites for hydroxylation is 2. The third-order valence-corrected chi connectivity index (χ3v) is 5.35. The van der Waals surface area contributed by atoms with Crippen molar-refractivity contribution in [3.63, 3.8) is 0 Å². The molecular weight excluding hydrogens is 425 g/mol. The smallest absolute Gasteiger partial charge is 0.350 e. The van der Waals surface area contributed by atoms with Crippen molar-refractivity contribution in [2.45, 2.75) is 72.3 Å². The predicted octanol–water partition coefficient (Wildman–Crippen LogP) is 2.52. The first kappa shape index (κ1) is 24.1. The summed E-state index contributed by atoms with van der Waals surface area (Å²) in [6.07, 6.45) is -5.69. The monoisotopic (exact) mass is 450 g/mol. The normalized spacial score (nSPS) is 14.0. The molecule has 0 fully saturated rings. The molecule has 0 saturated carbocycles. The lowest BCUT2D eigenvalue weighted by atomic mass is 10.2. The van der Waals surface area contributed by atoms with E-state index in [2.05, 4.69) is 10.5 Å². The van der Waals surface area contributed by atoms with E-state index in [1.54, 1.807) is 34.6 Å². The van der Waals surface area contributed by atoms with Gasteiger partial charge in [0, 0.05) is 13.1 Å². The van der Waals surface area contributed by atoms with Gasteiger partial charge >= 0.3 is 11.9 Å². The quantitative estimate of drug-likeness (QED) is 0.384. The molecule has 1 atom stereocenters. The summed E-state index contributed by atoms with van der Waals surface area (Å²) in [5.74, 6) is 0. The molecule has 2 aromatic rings. The zero-order valence-corrected chi connectivity index (χ0v) is 18.1. The number of hydrazone groups is 1. The van der Waals surface area contributed by atoms with Crippen molar-refractivity contribution >= 4 is 27.8 Å². The maximum absolute atomic E-state index is 12.7. The number of nitrogens with one attached hydrogen (secondary N) is 1. The second-order valence-corrected chi connectivity index (χ2v) is 8.62. The number of hydrogen-bond acceptors (Lipinski definition) is 7. The lowest BCUT2D eigenvalue weighted by molar-refractivity contribution is -0.181. The maximum atomic E-state index is 12.7. The summed E-state index contributed by atoms with van der Waals surface area (Å²) in [6, 6.07) is 0. The SMILES string of the molecule is CCn1c(=O)c2c(C)c(/C=N/NC(O)OC(C)(C)C)sc2n(CCC(F)(F)F)c1=O. The standard InChI is InChI=1S/C18H25F3N4O4S/c1-6-24-13(26)12-10(2)11(9-22-23-15(27)29-17(3,4)5)30-14(12)25(16(24)28)8-7-18(19,20)21/h9,15,23,27H,6-8H2,1-5H3/b22-9+. The minimum absolute atomic E-state index is 0.0379. The minimum Gasteiger partial charge on any atom is -0.350 e. The molecule has 0 aliphatic carbocycles. The van der Waals surface area contributed by atoms with Crippen molar-refractivity contribution in [1.29, 1.82) is 0 Å². The van der Waals surface area contributed by atoms with Gasteiger partial charge in [-0.15, -0.1) is 11.3 Å². The molecule has 12 heteroatoms. The minimum atomic E-state index is -4.44. The third-order valence-electron chi connectivity index (χ3n) is 4.10. The largest absolute Gasteiger partial charge is 0.390 e. The first-order valence-electron chi connectivity index (χ1n) is 9.23. The summed E-state index contributed by atoms with van der Waals surface area (Å²) < 4.78 is 45.3. The number of halogens is 3. The zero-order valence-electron chi connectivity index (χ0n) is 17.3. The average Bonchev–Trinajstić information content (AvgIpc) is 2.89. The van der Waals surface area contributed by atoms with E-state index in [0.717, 1.165) is 20.5 Å². The van der Waals surface area contributed by atoms with Gasteiger partial charge in [0.15, 0.2) is 0 Å². The van der Waals surface area contributed by atoms with Crippen LogP contribution in [-0.2, 0) is 17.8 Å². The van der Waals surface area contributed by atoms with Crippen molar-refractivity contribution in [3.05, 3.63) is 31.3 Å². The van der Waals surface area contributed by atoms with Gasteiger partial charge in [-0.1, -0.05) is 0 Å². The van der Waals surface area contributed by atoms with Crippen LogP contribution >= 0.6 is 11.3 Å². The van der Waals surface area contributed by atoms with Gasteiger partial charge in [0.25, 0.3) is 12.0 Å². The van der Waals surface area contributed by atoms with E-state index in [4.69, 9.17) is 4.74 Å². The summed E-state index contributed by atoms with van der Waals surface area (Å²) in [4.78, 5) is 25.9. The molecule has 0 amide bonds. The van der Waals surface area contributed by atoms with Crippen LogP contribution in [-0.4, -0.2) is 38.6 Å². The van der Waals surface area contributed by atoms with Crippen LogP contribution in [0.25, 0.3) is 10.2 Å². The van der Waals surface area contributed by atoms with E-state index in [9.17, 15) is 27.9 Å². The van der Waals surface area contributed by atoms with E-state index in [1.807, 2.05) is 0 Å². The van der Waals surface area contributed by atoms with E-state index >= 15 is 0 Å². The maximum Gasteiger partial charge on any atom is 0.390 e. The van der Waals surface area contributed by atoms with Crippen molar-refractivity contribution in [3.8, 4) is 0 Å². The first-order valence-corrected chi connectivity index (χ1v) is 10.0. The Bertz CT molecular complexity index is 1050. The second kappa shape index (κ2) is 8.90. The average molecular weight is 450 g/mol. The van der Waals surface area contributed by atoms with Crippen molar-refractivity contribution in [2.24, 2.45) is 5.10 Å². The second-order valence-electron chi connectivity index (χ2n) is 7.59. The number of aliphatic hydroxyl groups is 1. The van der Waals surface area contributed by atoms with Crippen molar-refractivity contribution in [1.82, 2.24) is 14.6 Å². The third kappa shape index (κ3) is 5.70. The molecule has 2 N–H and O–H groups in total. The number of nitrogens with zero attached hydrogens (tertiary/aromatic N) is 3. The van der Waals surface area contributed by atoms with Crippen LogP contribution in [0.2, 0.25) is 0 Å². The zero-order chi connectivity index (χ0) is 22.9. The highest BCUT2D eigenvalue weighted by Gasteiger charge is 2.28. The summed E-state index contributed by atoms with van der Waals surface area (Å²) >= 11 is 0.984. The van der Waals surface area contributed by atoms with Gasteiger partial charge in [-0.25, -0.2) is 4.79 Å². The molecule has 1 unspecified atom stereocenters. The van der Waals surface area contributed by atoms with E-state index in [-0.39, 0.29) is 16.8 Å². The molecule has 0 aliphatic rings. The predicted molar refractivity (Wildman–Crippen MR) is 109 cm³/mol.